The van der Waals surface area contributed by atoms with Crippen molar-refractivity contribution >= 4 is 23.5 Å². The van der Waals surface area contributed by atoms with Gasteiger partial charge in [-0.25, -0.2) is 4.68 Å². The minimum absolute atomic E-state index is 0.0250. The number of fused-ring (bicyclic) bond motifs is 1. The van der Waals surface area contributed by atoms with E-state index >= 15 is 0 Å². The number of carbonyl (C=O) groups excluding carboxylic acids is 3. The summed E-state index contributed by atoms with van der Waals surface area (Å²) in [6.07, 6.45) is -2.42. The van der Waals surface area contributed by atoms with Crippen LogP contribution in [0.2, 0.25) is 0 Å². The Balaban J connectivity index is 1.81. The van der Waals surface area contributed by atoms with Crippen LogP contribution in [0, 0.1) is 17.2 Å². The number of rotatable bonds is 8. The van der Waals surface area contributed by atoms with Gasteiger partial charge in [-0.15, -0.1) is 0 Å². The van der Waals surface area contributed by atoms with Crippen LogP contribution in [0.4, 0.5) is 19.0 Å². The first-order valence-corrected chi connectivity index (χ1v) is 13.0. The van der Waals surface area contributed by atoms with E-state index in [2.05, 4.69) is 10.4 Å². The zero-order chi connectivity index (χ0) is 28.6. The van der Waals surface area contributed by atoms with Gasteiger partial charge >= 0.3 is 6.18 Å². The van der Waals surface area contributed by atoms with E-state index < -0.39 is 47.5 Å². The highest BCUT2D eigenvalue weighted by Gasteiger charge is 2.51. The topological polar surface area (TPSA) is 111 Å². The molecule has 1 aromatic carbocycles. The Bertz CT molecular complexity index is 1330. The molecule has 4 rings (SSSR count). The summed E-state index contributed by atoms with van der Waals surface area (Å²) in [6.45, 7) is 5.96. The Kier molecular flexibility index (Phi) is 7.73. The monoisotopic (exact) mass is 544 g/mol. The lowest BCUT2D eigenvalue weighted by Crippen LogP contribution is -2.56. The van der Waals surface area contributed by atoms with Gasteiger partial charge in [0.25, 0.3) is 17.7 Å². The Morgan fingerprint density at radius 3 is 2.54 bits per heavy atom. The zero-order valence-corrected chi connectivity index (χ0v) is 22.2. The van der Waals surface area contributed by atoms with Crippen LogP contribution in [0.25, 0.3) is 0 Å². The van der Waals surface area contributed by atoms with Crippen molar-refractivity contribution in [1.29, 1.82) is 5.26 Å². The molecule has 1 saturated carbocycles. The molecule has 1 aliphatic heterocycles. The van der Waals surface area contributed by atoms with Crippen molar-refractivity contribution < 1.29 is 27.6 Å². The van der Waals surface area contributed by atoms with E-state index in [1.165, 1.54) is 22.9 Å². The highest BCUT2D eigenvalue weighted by molar-refractivity contribution is 6.07. The third-order valence-electron chi connectivity index (χ3n) is 7.35. The fourth-order valence-electron chi connectivity index (χ4n) is 5.09. The number of amides is 3. The summed E-state index contributed by atoms with van der Waals surface area (Å²) >= 11 is 0. The number of likely N-dealkylation sites (N-methyl/N-ethyl adjacent to an activating group) is 1. The highest BCUT2D eigenvalue weighted by atomic mass is 19.4. The Morgan fingerprint density at radius 2 is 1.97 bits per heavy atom. The maximum Gasteiger partial charge on any atom is 0.416 e. The summed E-state index contributed by atoms with van der Waals surface area (Å²) < 4.78 is 41.4. The molecule has 12 heteroatoms. The average molecular weight is 545 g/mol. The molecule has 0 radical (unpaired) electrons. The van der Waals surface area contributed by atoms with Gasteiger partial charge in [-0.3, -0.25) is 19.3 Å². The van der Waals surface area contributed by atoms with E-state index in [4.69, 9.17) is 0 Å². The Labute approximate surface area is 224 Å². The van der Waals surface area contributed by atoms with Gasteiger partial charge in [0.1, 0.15) is 17.9 Å². The molecule has 0 bridgehead atoms. The smallest absolute Gasteiger partial charge is 0.340 e. The predicted molar refractivity (Wildman–Crippen MR) is 136 cm³/mol. The van der Waals surface area contributed by atoms with E-state index in [0.717, 1.165) is 31.0 Å². The molecule has 3 amide bonds. The van der Waals surface area contributed by atoms with Gasteiger partial charge in [0.15, 0.2) is 5.69 Å². The van der Waals surface area contributed by atoms with Gasteiger partial charge in [0.05, 0.1) is 11.6 Å². The van der Waals surface area contributed by atoms with Crippen molar-refractivity contribution in [3.63, 3.8) is 0 Å². The number of carbonyl (C=O) groups is 3. The number of nitrogens with one attached hydrogen (secondary N) is 1. The molecule has 9 nitrogen and oxygen atoms in total. The number of aryl methyl sites for hydroxylation is 1. The summed E-state index contributed by atoms with van der Waals surface area (Å²) in [5.74, 6) is -1.82. The maximum absolute atomic E-state index is 13.8. The second-order valence-corrected chi connectivity index (χ2v) is 10.0. The normalized spacial score (nSPS) is 19.7. The lowest BCUT2D eigenvalue weighted by molar-refractivity contribution is -0.137. The number of nitrogens with zero attached hydrogens (tertiary/aromatic N) is 5. The van der Waals surface area contributed by atoms with Crippen molar-refractivity contribution in [2.75, 3.05) is 18.5 Å². The molecule has 1 fully saturated rings. The van der Waals surface area contributed by atoms with E-state index in [9.17, 15) is 32.8 Å². The number of alkyl halides is 3. The number of anilines is 1. The molecule has 3 unspecified atom stereocenters. The van der Waals surface area contributed by atoms with E-state index in [1.807, 2.05) is 13.0 Å². The number of hydrogen-bond acceptors (Lipinski definition) is 5. The minimum atomic E-state index is -4.63. The minimum Gasteiger partial charge on any atom is -0.340 e. The second kappa shape index (κ2) is 10.7. The fraction of sp³-hybridized carbons (Fsp3) is 0.519. The fourth-order valence-corrected chi connectivity index (χ4v) is 5.09. The first kappa shape index (κ1) is 28.1. The summed E-state index contributed by atoms with van der Waals surface area (Å²) in [5, 5.41) is 16.7. The Hall–Kier alpha value is -3.88. The van der Waals surface area contributed by atoms with Crippen LogP contribution < -0.4 is 10.2 Å². The zero-order valence-electron chi connectivity index (χ0n) is 22.2. The third kappa shape index (κ3) is 5.22. The summed E-state index contributed by atoms with van der Waals surface area (Å²) in [6, 6.07) is 4.25. The summed E-state index contributed by atoms with van der Waals surface area (Å²) in [7, 11) is 1.51. The maximum atomic E-state index is 13.8. The van der Waals surface area contributed by atoms with Gasteiger partial charge in [-0.1, -0.05) is 13.0 Å². The van der Waals surface area contributed by atoms with E-state index in [1.54, 1.807) is 18.5 Å². The van der Waals surface area contributed by atoms with Crippen LogP contribution in [-0.2, 0) is 17.5 Å². The van der Waals surface area contributed by atoms with Gasteiger partial charge in [-0.2, -0.15) is 23.5 Å². The first-order valence-electron chi connectivity index (χ1n) is 13.0. The van der Waals surface area contributed by atoms with Crippen molar-refractivity contribution in [2.24, 2.45) is 5.92 Å². The summed E-state index contributed by atoms with van der Waals surface area (Å²) in [4.78, 5) is 43.4. The molecular weight excluding hydrogens is 513 g/mol. The number of hydrogen-bond donors (Lipinski definition) is 1. The molecule has 208 valence electrons. The van der Waals surface area contributed by atoms with Crippen LogP contribution in [0.15, 0.2) is 24.3 Å². The van der Waals surface area contributed by atoms with Gasteiger partial charge in [0.2, 0.25) is 0 Å². The first-order chi connectivity index (χ1) is 18.4. The molecule has 2 aliphatic rings. The third-order valence-corrected chi connectivity index (χ3v) is 7.35. The Morgan fingerprint density at radius 1 is 1.28 bits per heavy atom. The SMILES string of the molecule is CCCn1nc(C(=O)N(C)C(C)C#N)c2c1N(CC)C(=O)C(NC(=O)c1cccc(C(F)(F)F)c1)C2C1CC1. The highest BCUT2D eigenvalue weighted by Crippen LogP contribution is 2.51. The standard InChI is InChI=1S/C27H31F3N6O3/c1-5-12-36-24-20(22(33-36)25(38)34(4)15(3)14-31)19(16-10-11-16)21(26(39)35(24)6-2)32-23(37)17-8-7-9-18(13-17)27(28,29)30/h7-9,13,15-16,19,21H,5-6,10-12H2,1-4H3,(H,32,37). The molecule has 0 spiro atoms. The lowest BCUT2D eigenvalue weighted by Gasteiger charge is -2.38. The van der Waals surface area contributed by atoms with E-state index in [-0.39, 0.29) is 23.7 Å². The molecule has 2 heterocycles. The average Bonchev–Trinajstić information content (AvgIpc) is 3.69. The van der Waals surface area contributed by atoms with E-state index in [0.29, 0.717) is 24.3 Å². The van der Waals surface area contributed by atoms with Crippen molar-refractivity contribution in [2.45, 2.75) is 70.8 Å². The molecule has 39 heavy (non-hydrogen) atoms. The number of nitriles is 1. The largest absolute Gasteiger partial charge is 0.416 e. The van der Waals surface area contributed by atoms with Crippen molar-refractivity contribution in [3.8, 4) is 6.07 Å². The predicted octanol–water partition coefficient (Wildman–Crippen LogP) is 3.95. The second-order valence-electron chi connectivity index (χ2n) is 10.0. The molecule has 0 saturated heterocycles. The van der Waals surface area contributed by atoms with Crippen LogP contribution in [0.3, 0.4) is 0 Å². The molecular formula is C27H31F3N6O3. The molecule has 1 N–H and O–H groups in total. The summed E-state index contributed by atoms with van der Waals surface area (Å²) in [5.41, 5.74) is -0.542. The molecule has 2 aromatic rings. The van der Waals surface area contributed by atoms with Crippen LogP contribution >= 0.6 is 0 Å². The molecule has 1 aliphatic carbocycles. The number of aromatic nitrogens is 2. The van der Waals surface area contributed by atoms with Crippen molar-refractivity contribution in [3.05, 3.63) is 46.6 Å². The van der Waals surface area contributed by atoms with Gasteiger partial charge in [-0.05, 0) is 57.2 Å². The van der Waals surface area contributed by atoms with Gasteiger partial charge in [0, 0.05) is 37.2 Å². The molecule has 3 atom stereocenters. The number of halogens is 3. The van der Waals surface area contributed by atoms with Crippen LogP contribution in [0.1, 0.15) is 77.9 Å². The lowest BCUT2D eigenvalue weighted by atomic mass is 9.82. The molecule has 1 aromatic heterocycles. The van der Waals surface area contributed by atoms with Crippen LogP contribution in [0.5, 0.6) is 0 Å². The quantitative estimate of drug-likeness (QED) is 0.541. The van der Waals surface area contributed by atoms with Crippen molar-refractivity contribution in [1.82, 2.24) is 20.0 Å². The van der Waals surface area contributed by atoms with Gasteiger partial charge < -0.3 is 10.2 Å². The number of benzene rings is 1. The van der Waals surface area contributed by atoms with Crippen LogP contribution in [-0.4, -0.2) is 58.1 Å².